The lowest BCUT2D eigenvalue weighted by Gasteiger charge is -2.09. The van der Waals surface area contributed by atoms with Crippen molar-refractivity contribution in [3.63, 3.8) is 0 Å². The van der Waals surface area contributed by atoms with Crippen LogP contribution in [0.2, 0.25) is 5.02 Å². The topological polar surface area (TPSA) is 128 Å². The van der Waals surface area contributed by atoms with Gasteiger partial charge in [0.1, 0.15) is 18.8 Å². The van der Waals surface area contributed by atoms with Crippen molar-refractivity contribution in [1.29, 1.82) is 0 Å². The third-order valence-electron chi connectivity index (χ3n) is 3.44. The van der Waals surface area contributed by atoms with Gasteiger partial charge in [-0.25, -0.2) is 8.42 Å². The molecule has 0 saturated heterocycles. The first kappa shape index (κ1) is 20.6. The summed E-state index contributed by atoms with van der Waals surface area (Å²) in [5.41, 5.74) is 0.417. The van der Waals surface area contributed by atoms with Crippen LogP contribution >= 0.6 is 11.6 Å². The van der Waals surface area contributed by atoms with E-state index in [4.69, 9.17) is 16.3 Å². The molecule has 2 N–H and O–H groups in total. The van der Waals surface area contributed by atoms with E-state index in [2.05, 4.69) is 10.0 Å². The summed E-state index contributed by atoms with van der Waals surface area (Å²) in [5, 5.41) is 14.1. The minimum absolute atomic E-state index is 0.0660. The Bertz CT molecular complexity index is 964. The van der Waals surface area contributed by atoms with Gasteiger partial charge < -0.3 is 10.1 Å². The van der Waals surface area contributed by atoms with Crippen LogP contribution in [0.5, 0.6) is 0 Å². The van der Waals surface area contributed by atoms with Gasteiger partial charge in [0.15, 0.2) is 0 Å². The van der Waals surface area contributed by atoms with E-state index < -0.39 is 33.1 Å². The number of nitro benzene ring substituents is 1. The van der Waals surface area contributed by atoms with Gasteiger partial charge in [-0.05, 0) is 29.8 Å². The molecule has 0 heterocycles. The molecule has 0 unspecified atom stereocenters. The number of ether oxygens (including phenoxy) is 1. The number of nitrogens with zero attached hydrogens (tertiary/aromatic N) is 1. The number of carbonyl (C=O) groups is 1. The molecule has 0 atom stereocenters. The number of benzene rings is 2. The van der Waals surface area contributed by atoms with Crippen LogP contribution in [0.4, 0.5) is 11.4 Å². The summed E-state index contributed by atoms with van der Waals surface area (Å²) in [6, 6.07) is 10.0. The largest absolute Gasteiger partial charge is 0.460 e. The summed E-state index contributed by atoms with van der Waals surface area (Å²) in [7, 11) is -2.65. The van der Waals surface area contributed by atoms with Gasteiger partial charge in [-0.3, -0.25) is 14.9 Å². The molecule has 0 fully saturated rings. The van der Waals surface area contributed by atoms with Crippen molar-refractivity contribution in [2.45, 2.75) is 11.5 Å². The van der Waals surface area contributed by atoms with E-state index in [1.807, 2.05) is 0 Å². The Morgan fingerprint density at radius 2 is 2.00 bits per heavy atom. The summed E-state index contributed by atoms with van der Waals surface area (Å²) in [4.78, 5) is 21.7. The summed E-state index contributed by atoms with van der Waals surface area (Å²) in [6.07, 6.45) is 0. The normalized spacial score (nSPS) is 11.0. The van der Waals surface area contributed by atoms with Crippen LogP contribution in [-0.2, 0) is 26.2 Å². The number of nitrogens with one attached hydrogen (secondary N) is 2. The molecule has 9 nitrogen and oxygen atoms in total. The van der Waals surface area contributed by atoms with Crippen LogP contribution < -0.4 is 10.0 Å². The molecule has 0 saturated carbocycles. The molecule has 0 aliphatic rings. The highest BCUT2D eigenvalue weighted by atomic mass is 35.5. The molecule has 2 aromatic rings. The molecule has 2 aromatic carbocycles. The van der Waals surface area contributed by atoms with Crippen LogP contribution in [0.1, 0.15) is 5.56 Å². The smallest absolute Gasteiger partial charge is 0.321 e. The van der Waals surface area contributed by atoms with E-state index in [0.717, 1.165) is 6.07 Å². The third-order valence-corrected chi connectivity index (χ3v) is 5.07. The van der Waals surface area contributed by atoms with E-state index in [0.29, 0.717) is 10.6 Å². The van der Waals surface area contributed by atoms with Crippen molar-refractivity contribution in [2.75, 3.05) is 18.9 Å². The summed E-state index contributed by atoms with van der Waals surface area (Å²) < 4.78 is 31.5. The maximum atomic E-state index is 12.3. The summed E-state index contributed by atoms with van der Waals surface area (Å²) in [5.74, 6) is -0.806. The molecule has 0 aliphatic heterocycles. The monoisotopic (exact) mass is 413 g/mol. The Morgan fingerprint density at radius 1 is 1.26 bits per heavy atom. The van der Waals surface area contributed by atoms with Gasteiger partial charge in [-0.15, -0.1) is 0 Å². The van der Waals surface area contributed by atoms with Crippen molar-refractivity contribution in [3.05, 3.63) is 63.2 Å². The number of carbonyl (C=O) groups excluding carboxylic acids is 1. The Morgan fingerprint density at radius 3 is 2.63 bits per heavy atom. The van der Waals surface area contributed by atoms with E-state index >= 15 is 0 Å². The number of sulfonamides is 1. The van der Waals surface area contributed by atoms with Gasteiger partial charge in [0, 0.05) is 18.1 Å². The average Bonchev–Trinajstić information content (AvgIpc) is 2.64. The number of hydrogen-bond acceptors (Lipinski definition) is 7. The first-order valence-corrected chi connectivity index (χ1v) is 9.45. The first-order valence-electron chi connectivity index (χ1n) is 7.59. The lowest BCUT2D eigenvalue weighted by atomic mass is 10.2. The number of anilines is 1. The predicted octanol–water partition coefficient (Wildman–Crippen LogP) is 2.31. The second kappa shape index (κ2) is 8.80. The van der Waals surface area contributed by atoms with Crippen molar-refractivity contribution in [1.82, 2.24) is 4.72 Å². The molecule has 144 valence electrons. The minimum atomic E-state index is -4.13. The third kappa shape index (κ3) is 5.64. The van der Waals surface area contributed by atoms with Gasteiger partial charge in [-0.2, -0.15) is 4.72 Å². The van der Waals surface area contributed by atoms with E-state index in [1.165, 1.54) is 19.2 Å². The van der Waals surface area contributed by atoms with E-state index in [-0.39, 0.29) is 17.2 Å². The molecule has 0 bridgehead atoms. The summed E-state index contributed by atoms with van der Waals surface area (Å²) in [6.45, 7) is -0.687. The second-order valence-electron chi connectivity index (χ2n) is 5.30. The zero-order valence-electron chi connectivity index (χ0n) is 14.1. The maximum Gasteiger partial charge on any atom is 0.321 e. The van der Waals surface area contributed by atoms with Crippen molar-refractivity contribution >= 4 is 39.0 Å². The number of hydrogen-bond donors (Lipinski definition) is 2. The lowest BCUT2D eigenvalue weighted by Crippen LogP contribution is -2.30. The highest BCUT2D eigenvalue weighted by Gasteiger charge is 2.21. The molecule has 0 spiro atoms. The Labute approximate surface area is 160 Å². The van der Waals surface area contributed by atoms with Crippen LogP contribution in [0.3, 0.4) is 0 Å². The molecule has 0 radical (unpaired) electrons. The molecule has 11 heteroatoms. The van der Waals surface area contributed by atoms with Crippen molar-refractivity contribution < 1.29 is 22.9 Å². The molecule has 0 aromatic heterocycles. The van der Waals surface area contributed by atoms with Crippen LogP contribution in [0.15, 0.2) is 47.4 Å². The number of halogens is 1. The van der Waals surface area contributed by atoms with Crippen LogP contribution in [-0.4, -0.2) is 32.9 Å². The Hall–Kier alpha value is -2.69. The Kier molecular flexibility index (Phi) is 6.72. The van der Waals surface area contributed by atoms with Crippen LogP contribution in [0.25, 0.3) is 0 Å². The highest BCUT2D eigenvalue weighted by Crippen LogP contribution is 2.26. The zero-order valence-corrected chi connectivity index (χ0v) is 15.7. The van der Waals surface area contributed by atoms with Gasteiger partial charge in [0.2, 0.25) is 10.0 Å². The molecule has 2 rings (SSSR count). The Balaban J connectivity index is 2.00. The number of nitro groups is 1. The molecule has 0 amide bonds. The molecule has 0 aliphatic carbocycles. The highest BCUT2D eigenvalue weighted by molar-refractivity contribution is 7.89. The number of esters is 1. The van der Waals surface area contributed by atoms with Gasteiger partial charge in [0.25, 0.3) is 5.69 Å². The lowest BCUT2D eigenvalue weighted by molar-refractivity contribution is -0.384. The van der Waals surface area contributed by atoms with E-state index in [9.17, 15) is 23.3 Å². The van der Waals surface area contributed by atoms with Gasteiger partial charge >= 0.3 is 5.97 Å². The maximum absolute atomic E-state index is 12.3. The number of rotatable bonds is 8. The first-order chi connectivity index (χ1) is 12.7. The SMILES string of the molecule is CNc1ccc(S(=O)(=O)NCC(=O)OCc2cccc(Cl)c2)cc1[N+](=O)[O-]. The molecular formula is C16H16ClN3O6S. The second-order valence-corrected chi connectivity index (χ2v) is 7.50. The quantitative estimate of drug-likeness (QED) is 0.386. The van der Waals surface area contributed by atoms with Crippen LogP contribution in [0, 0.1) is 10.1 Å². The minimum Gasteiger partial charge on any atom is -0.460 e. The van der Waals surface area contributed by atoms with Crippen molar-refractivity contribution in [3.8, 4) is 0 Å². The molecular weight excluding hydrogens is 398 g/mol. The average molecular weight is 414 g/mol. The fourth-order valence-electron chi connectivity index (χ4n) is 2.12. The standard InChI is InChI=1S/C16H16ClN3O6S/c1-18-14-6-5-13(8-15(14)20(22)23)27(24,25)19-9-16(21)26-10-11-3-2-4-12(17)7-11/h2-8,18-19H,9-10H2,1H3. The molecule has 27 heavy (non-hydrogen) atoms. The van der Waals surface area contributed by atoms with Crippen molar-refractivity contribution in [2.24, 2.45) is 0 Å². The van der Waals surface area contributed by atoms with Gasteiger partial charge in [-0.1, -0.05) is 23.7 Å². The predicted molar refractivity (Wildman–Crippen MR) is 99.1 cm³/mol. The summed E-state index contributed by atoms with van der Waals surface area (Å²) >= 11 is 5.82. The fraction of sp³-hybridized carbons (Fsp3) is 0.188. The van der Waals surface area contributed by atoms with Gasteiger partial charge in [0.05, 0.1) is 9.82 Å². The fourth-order valence-corrected chi connectivity index (χ4v) is 3.32. The zero-order chi connectivity index (χ0) is 20.0. The van der Waals surface area contributed by atoms with E-state index in [1.54, 1.807) is 24.3 Å².